The van der Waals surface area contributed by atoms with E-state index in [0.717, 1.165) is 32.1 Å². The van der Waals surface area contributed by atoms with Crippen molar-refractivity contribution in [1.82, 2.24) is 0 Å². The number of hydrogen-bond donors (Lipinski definition) is 0. The Kier molecular flexibility index (Phi) is 6.97. The molecule has 4 aliphatic rings. The second kappa shape index (κ2) is 9.40. The quantitative estimate of drug-likeness (QED) is 0.429. The van der Waals surface area contributed by atoms with Crippen molar-refractivity contribution < 1.29 is 38.1 Å². The highest BCUT2D eigenvalue weighted by Crippen LogP contribution is 2.67. The lowest BCUT2D eigenvalue weighted by atomic mass is 9.43. The Balaban J connectivity index is 1.73. The zero-order chi connectivity index (χ0) is 25.7. The summed E-state index contributed by atoms with van der Waals surface area (Å²) in [5, 5.41) is 0. The number of hydrogen-bond acceptors (Lipinski definition) is 8. The largest absolute Gasteiger partial charge is 0.463 e. The fourth-order valence-electron chi connectivity index (χ4n) is 8.51. The molecule has 0 radical (unpaired) electrons. The molecule has 4 fully saturated rings. The fraction of sp³-hybridized carbons (Fsp3) is 0.852. The van der Waals surface area contributed by atoms with Crippen LogP contribution >= 0.6 is 0 Å². The first-order chi connectivity index (χ1) is 16.4. The summed E-state index contributed by atoms with van der Waals surface area (Å²) in [6.45, 7) is 10.1. The average Bonchev–Trinajstić information content (AvgIpc) is 3.05. The van der Waals surface area contributed by atoms with Crippen LogP contribution in [0.5, 0.6) is 0 Å². The van der Waals surface area contributed by atoms with Crippen molar-refractivity contribution in [2.45, 2.75) is 111 Å². The minimum atomic E-state index is -0.547. The number of carbonyl (C=O) groups is 4. The molecule has 35 heavy (non-hydrogen) atoms. The Morgan fingerprint density at radius 3 is 1.86 bits per heavy atom. The van der Waals surface area contributed by atoms with E-state index in [4.69, 9.17) is 18.9 Å². The predicted octanol–water partition coefficient (Wildman–Crippen LogP) is 3.98. The van der Waals surface area contributed by atoms with E-state index >= 15 is 0 Å². The molecular weight excluding hydrogens is 452 g/mol. The summed E-state index contributed by atoms with van der Waals surface area (Å²) in [4.78, 5) is 48.0. The molecule has 0 aromatic heterocycles. The number of fused-ring (bicyclic) bond motifs is 5. The molecule has 0 bridgehead atoms. The summed E-state index contributed by atoms with van der Waals surface area (Å²) in [6.07, 6.45) is 4.17. The minimum Gasteiger partial charge on any atom is -0.463 e. The third-order valence-electron chi connectivity index (χ3n) is 9.87. The Labute approximate surface area is 207 Å². The first kappa shape index (κ1) is 26.0. The highest BCUT2D eigenvalue weighted by atomic mass is 16.6. The Hall–Kier alpha value is -2.12. The summed E-state index contributed by atoms with van der Waals surface area (Å²) in [6, 6.07) is 0. The van der Waals surface area contributed by atoms with Crippen LogP contribution in [0.25, 0.3) is 0 Å². The first-order valence-electron chi connectivity index (χ1n) is 13.0. The van der Waals surface area contributed by atoms with Crippen LogP contribution in [-0.2, 0) is 38.1 Å². The van der Waals surface area contributed by atoms with Gasteiger partial charge in [-0.05, 0) is 68.1 Å². The third-order valence-corrected chi connectivity index (χ3v) is 9.87. The molecular formula is C27H40O8. The number of esters is 4. The van der Waals surface area contributed by atoms with Crippen LogP contribution in [0.3, 0.4) is 0 Å². The normalized spacial score (nSPS) is 44.2. The zero-order valence-corrected chi connectivity index (χ0v) is 21.8. The standard InChI is InChI=1S/C27H40O8/c1-14(28)32-19-9-10-26(5)18(11-19)12-22(33-15(2)29)25-20-7-8-23(34-16(3)30)27(20,6)24(13-21(25)26)35-17(4)31/h18-25H,7-13H2,1-6H3. The smallest absolute Gasteiger partial charge is 0.302 e. The zero-order valence-electron chi connectivity index (χ0n) is 21.8. The van der Waals surface area contributed by atoms with Gasteiger partial charge in [-0.3, -0.25) is 19.2 Å². The first-order valence-corrected chi connectivity index (χ1v) is 13.0. The summed E-state index contributed by atoms with van der Waals surface area (Å²) in [5.74, 6) is -0.684. The van der Waals surface area contributed by atoms with Gasteiger partial charge < -0.3 is 18.9 Å². The van der Waals surface area contributed by atoms with Gasteiger partial charge in [0.25, 0.3) is 0 Å². The van der Waals surface area contributed by atoms with Crippen LogP contribution in [0, 0.1) is 34.5 Å². The van der Waals surface area contributed by atoms with Crippen molar-refractivity contribution in [3.63, 3.8) is 0 Å². The molecule has 0 N–H and O–H groups in total. The van der Waals surface area contributed by atoms with E-state index < -0.39 is 11.5 Å². The van der Waals surface area contributed by atoms with Crippen LogP contribution in [0.15, 0.2) is 0 Å². The van der Waals surface area contributed by atoms with Crippen molar-refractivity contribution in [1.29, 1.82) is 0 Å². The van der Waals surface area contributed by atoms with Crippen molar-refractivity contribution >= 4 is 23.9 Å². The van der Waals surface area contributed by atoms with Crippen LogP contribution in [0.1, 0.15) is 86.5 Å². The fourth-order valence-corrected chi connectivity index (χ4v) is 8.51. The molecule has 10 atom stereocenters. The number of rotatable bonds is 4. The van der Waals surface area contributed by atoms with Crippen LogP contribution in [-0.4, -0.2) is 48.3 Å². The lowest BCUT2D eigenvalue weighted by Crippen LogP contribution is -2.64. The molecule has 10 unspecified atom stereocenters. The SMILES string of the molecule is CC(=O)OC1CCC2(C)C(C1)CC(OC(C)=O)C1C2CC(OC(C)=O)C2(C)C(OC(C)=O)CCC12. The average molecular weight is 493 g/mol. The Bertz CT molecular complexity index is 884. The molecule has 0 aliphatic heterocycles. The second-order valence-electron chi connectivity index (χ2n) is 11.8. The maximum atomic E-state index is 12.2. The molecule has 8 nitrogen and oxygen atoms in total. The molecule has 0 heterocycles. The maximum Gasteiger partial charge on any atom is 0.302 e. The van der Waals surface area contributed by atoms with Crippen molar-refractivity contribution in [3.05, 3.63) is 0 Å². The van der Waals surface area contributed by atoms with Gasteiger partial charge in [0.15, 0.2) is 0 Å². The van der Waals surface area contributed by atoms with Crippen LogP contribution < -0.4 is 0 Å². The number of carbonyl (C=O) groups excluding carboxylic acids is 4. The van der Waals surface area contributed by atoms with Gasteiger partial charge in [0, 0.05) is 39.0 Å². The van der Waals surface area contributed by atoms with E-state index in [1.807, 2.05) is 0 Å². The topological polar surface area (TPSA) is 105 Å². The third kappa shape index (κ3) is 4.57. The van der Waals surface area contributed by atoms with Crippen molar-refractivity contribution in [3.8, 4) is 0 Å². The Morgan fingerprint density at radius 2 is 1.26 bits per heavy atom. The molecule has 0 amide bonds. The summed E-state index contributed by atoms with van der Waals surface area (Å²) < 4.78 is 23.3. The molecule has 4 rings (SSSR count). The molecule has 0 spiro atoms. The summed E-state index contributed by atoms with van der Waals surface area (Å²) >= 11 is 0. The van der Waals surface area contributed by atoms with Gasteiger partial charge in [0.1, 0.15) is 24.4 Å². The molecule has 0 aromatic carbocycles. The highest BCUT2D eigenvalue weighted by Gasteiger charge is 2.68. The van der Waals surface area contributed by atoms with Crippen LogP contribution in [0.2, 0.25) is 0 Å². The van der Waals surface area contributed by atoms with Crippen molar-refractivity contribution in [2.75, 3.05) is 0 Å². The van der Waals surface area contributed by atoms with Gasteiger partial charge in [-0.25, -0.2) is 0 Å². The highest BCUT2D eigenvalue weighted by molar-refractivity contribution is 5.67. The van der Waals surface area contributed by atoms with Gasteiger partial charge in [0.05, 0.1) is 0 Å². The van der Waals surface area contributed by atoms with Gasteiger partial charge in [0.2, 0.25) is 0 Å². The summed E-state index contributed by atoms with van der Waals surface area (Å²) in [7, 11) is 0. The van der Waals surface area contributed by atoms with E-state index in [-0.39, 0.29) is 71.3 Å². The van der Waals surface area contributed by atoms with E-state index in [1.165, 1.54) is 27.7 Å². The van der Waals surface area contributed by atoms with Gasteiger partial charge in [-0.1, -0.05) is 13.8 Å². The lowest BCUT2D eigenvalue weighted by molar-refractivity contribution is -0.229. The van der Waals surface area contributed by atoms with E-state index in [1.54, 1.807) is 0 Å². The van der Waals surface area contributed by atoms with Gasteiger partial charge in [-0.2, -0.15) is 0 Å². The van der Waals surface area contributed by atoms with Gasteiger partial charge >= 0.3 is 23.9 Å². The van der Waals surface area contributed by atoms with Crippen molar-refractivity contribution in [2.24, 2.45) is 34.5 Å². The minimum absolute atomic E-state index is 0.0583. The van der Waals surface area contributed by atoms with E-state index in [9.17, 15) is 19.2 Å². The predicted molar refractivity (Wildman–Crippen MR) is 125 cm³/mol. The van der Waals surface area contributed by atoms with Crippen LogP contribution in [0.4, 0.5) is 0 Å². The lowest BCUT2D eigenvalue weighted by Gasteiger charge is -2.63. The van der Waals surface area contributed by atoms with Gasteiger partial charge in [-0.15, -0.1) is 0 Å². The molecule has 0 aromatic rings. The summed E-state index contributed by atoms with van der Waals surface area (Å²) in [5.41, 5.74) is -0.605. The monoisotopic (exact) mass is 492 g/mol. The maximum absolute atomic E-state index is 12.2. The van der Waals surface area contributed by atoms with E-state index in [0.29, 0.717) is 12.8 Å². The molecule has 196 valence electrons. The molecule has 8 heteroatoms. The second-order valence-corrected chi connectivity index (χ2v) is 11.8. The molecule has 0 saturated heterocycles. The molecule has 4 aliphatic carbocycles. The van der Waals surface area contributed by atoms with E-state index in [2.05, 4.69) is 13.8 Å². The molecule has 4 saturated carbocycles. The Morgan fingerprint density at radius 1 is 0.657 bits per heavy atom. The number of ether oxygens (including phenoxy) is 4.